The van der Waals surface area contributed by atoms with E-state index in [1.165, 1.54) is 82.4 Å². The lowest BCUT2D eigenvalue weighted by Gasteiger charge is -2.30. The van der Waals surface area contributed by atoms with Crippen LogP contribution in [0.1, 0.15) is 74.9 Å². The van der Waals surface area contributed by atoms with Crippen LogP contribution >= 0.6 is 34.7 Å². The Morgan fingerprint density at radius 3 is 1.29 bits per heavy atom. The van der Waals surface area contributed by atoms with Crippen LogP contribution in [-0.4, -0.2) is 339 Å². The van der Waals surface area contributed by atoms with Gasteiger partial charge in [-0.15, -0.1) is 0 Å². The topological polar surface area (TPSA) is 794 Å². The first kappa shape index (κ1) is 108. The summed E-state index contributed by atoms with van der Waals surface area (Å²) in [5.74, 6) is -0.747. The molecular weight excluding hydrogens is 2090 g/mol. The average Bonchev–Trinajstić information content (AvgIpc) is 1.60. The molecule has 10 aromatic rings. The van der Waals surface area contributed by atoms with Crippen LogP contribution in [0.25, 0.3) is 44.7 Å². The van der Waals surface area contributed by atoms with E-state index in [0.717, 1.165) is 23.5 Å². The van der Waals surface area contributed by atoms with Gasteiger partial charge in [0, 0.05) is 59.2 Å². The van der Waals surface area contributed by atoms with Crippen LogP contribution in [0.15, 0.2) is 74.1 Å². The van der Waals surface area contributed by atoms with Gasteiger partial charge in [0.05, 0.1) is 130 Å². The second-order valence-corrected chi connectivity index (χ2v) is 45.2. The number of anilines is 5. The quantitative estimate of drug-likeness (QED) is 0.0149. The van der Waals surface area contributed by atoms with Gasteiger partial charge >= 0.3 is 46.1 Å². The second-order valence-electron chi connectivity index (χ2n) is 32.7. The lowest BCUT2D eigenvalue weighted by Crippen LogP contribution is -2.40. The lowest BCUT2D eigenvalue weighted by molar-refractivity contribution is -0.0816. The number of hydrogen-bond donors (Lipinski definition) is 14. The van der Waals surface area contributed by atoms with Gasteiger partial charge in [0.1, 0.15) is 121 Å². The van der Waals surface area contributed by atoms with Gasteiger partial charge in [0.25, 0.3) is 16.7 Å². The molecule has 6 fully saturated rings. The van der Waals surface area contributed by atoms with Gasteiger partial charge in [-0.05, 0) is 73.6 Å². The third kappa shape index (κ3) is 24.6. The van der Waals surface area contributed by atoms with Crippen molar-refractivity contribution in [2.75, 3.05) is 143 Å². The normalized spacial score (nSPS) is 29.0. The molecule has 16 rings (SSSR count). The molecule has 70 heteroatoms. The zero-order valence-electron chi connectivity index (χ0n) is 76.4. The number of ether oxygens (including phenoxy) is 14. The van der Waals surface area contributed by atoms with E-state index in [-0.39, 0.29) is 140 Å². The Hall–Kier alpha value is -8.01. The summed E-state index contributed by atoms with van der Waals surface area (Å²) >= 11 is 22.9. The summed E-state index contributed by atoms with van der Waals surface area (Å²) in [4.78, 5) is 182. The molecule has 19 N–H and O–H groups in total. The van der Waals surface area contributed by atoms with Crippen LogP contribution in [0.4, 0.5) is 29.4 Å². The van der Waals surface area contributed by atoms with Crippen molar-refractivity contribution in [2.45, 2.75) is 175 Å². The Morgan fingerprint density at radius 2 is 0.811 bits per heavy atom. The molecule has 10 aromatic heterocycles. The number of methoxy groups -OCH3 is 4. The summed E-state index contributed by atoms with van der Waals surface area (Å²) in [5.41, 5.74) is 26.0. The van der Waals surface area contributed by atoms with Gasteiger partial charge in [-0.25, -0.2) is 49.0 Å². The van der Waals surface area contributed by atoms with Crippen LogP contribution in [0.5, 0.6) is 0 Å². The summed E-state index contributed by atoms with van der Waals surface area (Å²) in [6, 6.07) is 1.40. The van der Waals surface area contributed by atoms with Gasteiger partial charge in [-0.2, -0.15) is 19.9 Å². The van der Waals surface area contributed by atoms with Crippen LogP contribution < -0.4 is 56.7 Å². The predicted octanol–water partition coefficient (Wildman–Crippen LogP) is -1.69. The molecule has 27 atom stereocenters. The van der Waals surface area contributed by atoms with Gasteiger partial charge in [-0.1, -0.05) is 6.92 Å². The summed E-state index contributed by atoms with van der Waals surface area (Å²) in [7, 11) is -0.319. The summed E-state index contributed by atoms with van der Waals surface area (Å²) in [5, 5.41) is 12.0. The fourth-order valence-electron chi connectivity index (χ4n) is 16.7. The smallest absolute Gasteiger partial charge is 0.387 e. The Bertz CT molecular complexity index is 6790. The van der Waals surface area contributed by atoms with Crippen molar-refractivity contribution in [3.63, 3.8) is 0 Å². The van der Waals surface area contributed by atoms with Crippen molar-refractivity contribution in [2.24, 2.45) is 0 Å². The highest BCUT2D eigenvalue weighted by molar-refractivity contribution is 8.08. The largest absolute Gasteiger partial charge is 0.472 e. The predicted molar refractivity (Wildman–Crippen MR) is 504 cm³/mol. The molecule has 0 bridgehead atoms. The number of aromatic nitrogens is 20. The highest BCUT2D eigenvalue weighted by Crippen LogP contribution is 2.58. The standard InChI is InChI=1S/C73H102N25O36P5S4/c1-8-34-35(19-43(124-34)93-10-9-42(74)87-72(93)103)130-136(107,140)120-22-37-36(20-44(125-37)94-21-32(2)57(75)88-73(94)104)131-137(108,141)122-25-40-50(54(116-16-12-112-5)67(128-40)95-28-81-45-58(76)79-27-80-59(45)95)132-135(105,106)119-24-39-51(55(117-17-13-113-6)68(127-39)97-30-83-47-61(97)89-70(77)91-64(47)101)133-139(110,143)123-26-41-52(56(118-18-14-114-7)69(129-41)98-31-84-48-62(98)90-71(78)92-65(48)102)134-138(109,142)121-23-38-49(99)53(115-15-11-111-4)66(126-38)96-29-82-46-60(96)85-33(3)86-63(46)100/h9-10,21,27-31,34-41,43-44,49-56,66-69,99H,8,11-20,22-26H2,1-7H3,(H,105,106)(H,107,140)(H,108,141)(H,109,142)(H,110,143)(H2,74,87,103)(H2,75,88,104)(H2,76,79,80)(H,85,86,100)(H3,77,89,91,101)(H3,78,90,92,102)/t34-,35?,36?,37-,38-,39-,40-,41-,43-,44-,49?,50?,51?,52?,53+,54+,55+,56+,66-,67-,68-,69-,136?,137?,138?,139?/m1/s1. The van der Waals surface area contributed by atoms with Crippen molar-refractivity contribution in [3.05, 3.63) is 114 Å². The third-order valence-electron chi connectivity index (χ3n) is 23.2. The van der Waals surface area contributed by atoms with E-state index in [4.69, 9.17) is 187 Å². The van der Waals surface area contributed by atoms with Gasteiger partial charge < -0.3 is 157 Å². The van der Waals surface area contributed by atoms with Crippen molar-refractivity contribution >= 4 is 156 Å². The number of aryl methyl sites for hydroxylation is 2. The van der Waals surface area contributed by atoms with E-state index >= 15 is 4.57 Å². The Kier molecular flexibility index (Phi) is 34.3. The molecule has 16 heterocycles. The zero-order chi connectivity index (χ0) is 102. The Balaban J connectivity index is 0.683. The minimum absolute atomic E-state index is 0.00674. The van der Waals surface area contributed by atoms with Crippen LogP contribution in [0.3, 0.4) is 0 Å². The summed E-state index contributed by atoms with van der Waals surface area (Å²) in [6.07, 6.45) is -23.8. The molecule has 6 saturated heterocycles. The van der Waals surface area contributed by atoms with E-state index in [2.05, 4.69) is 69.8 Å². The molecule has 6 aliphatic heterocycles. The number of H-pyrrole nitrogens is 3. The number of imidazole rings is 4. The van der Waals surface area contributed by atoms with Gasteiger partial charge in [0.2, 0.25) is 11.9 Å². The number of phosphoric acid groups is 1. The first-order valence-corrected chi connectivity index (χ1v) is 55.3. The first-order valence-electron chi connectivity index (χ1n) is 43.5. The molecule has 0 amide bonds. The van der Waals surface area contributed by atoms with Crippen LogP contribution in [0, 0.1) is 13.8 Å². The van der Waals surface area contributed by atoms with E-state index in [1.807, 2.05) is 0 Å². The molecule has 0 saturated carbocycles. The number of aromatic amines is 3. The SMILES string of the molecule is CC[C@H]1O[C@@H](n2ccc(N)nc2=O)CC1OP(O)(=S)OC[C@H]1O[C@@H](n2cc(C)c(N)nc2=O)CC1OP(O)(=S)OC[C@H]1O[C@@H](n2cnc3c(N)ncnc32)[C@@H](OCCOC)C1OP(=O)(O)OC[C@H]1O[C@@H](n2cnc3c(=O)[nH]c(N)nc32)[C@@H](OCCOC)C1OP(O)(=S)OC[C@H]1O[C@@H](n2cnc3c(=O)[nH]c(N)nc32)[C@@H](OCCOC)C1OP(O)(=S)OC[C@H]1O[C@@H](n2cnc3c(=O)[nH]c(C)nc32)[C@@H](OCCOC)C1O. The number of nitrogen functional groups attached to an aromatic ring is 5. The number of rotatable bonds is 48. The van der Waals surface area contributed by atoms with Crippen molar-refractivity contribution in [1.29, 1.82) is 0 Å². The maximum absolute atomic E-state index is 15.5. The summed E-state index contributed by atoms with van der Waals surface area (Å²) in [6.45, 7) is -19.8. The van der Waals surface area contributed by atoms with Crippen molar-refractivity contribution in [3.8, 4) is 0 Å². The molecule has 11 unspecified atom stereocenters. The molecule has 0 aliphatic carbocycles. The van der Waals surface area contributed by atoms with Gasteiger partial charge in [-0.3, -0.25) is 69.8 Å². The molecule has 61 nitrogen and oxygen atoms in total. The molecule has 0 aromatic carbocycles. The van der Waals surface area contributed by atoms with E-state index in [9.17, 15) is 53.5 Å². The number of nitrogens with zero attached hydrogens (tertiary/aromatic N) is 17. The highest BCUT2D eigenvalue weighted by atomic mass is 32.5. The third-order valence-corrected chi connectivity index (χ3v) is 30.5. The van der Waals surface area contributed by atoms with Crippen molar-refractivity contribution < 1.29 is 146 Å². The number of aliphatic hydroxyl groups is 1. The maximum atomic E-state index is 15.5. The van der Waals surface area contributed by atoms with E-state index in [1.54, 1.807) is 20.8 Å². The van der Waals surface area contributed by atoms with E-state index in [0.29, 0.717) is 12.0 Å². The van der Waals surface area contributed by atoms with E-state index < -0.39 is 237 Å². The fraction of sp³-hybridized carbons (Fsp3) is 0.616. The number of phosphoric ester groups is 1. The number of nitrogens with two attached hydrogens (primary N) is 5. The number of nitrogens with one attached hydrogen (secondary N) is 3. The molecule has 6 aliphatic rings. The fourth-order valence-corrected chi connectivity index (χ4v) is 23.5. The molecule has 143 heavy (non-hydrogen) atoms. The van der Waals surface area contributed by atoms with Gasteiger partial charge in [0.15, 0.2) is 69.9 Å². The second kappa shape index (κ2) is 45.6. The molecular formula is C73H102N25O36P5S4. The average molecular weight is 2190 g/mol. The number of aliphatic hydroxyl groups excluding tert-OH is 1. The zero-order valence-corrected chi connectivity index (χ0v) is 84.2. The van der Waals surface area contributed by atoms with Crippen LogP contribution in [0.2, 0.25) is 0 Å². The number of hydrogen-bond acceptors (Lipinski definition) is 51. The first-order chi connectivity index (χ1) is 68.1. The highest BCUT2D eigenvalue weighted by Gasteiger charge is 2.58. The minimum Gasteiger partial charge on any atom is -0.387 e. The molecule has 0 radical (unpaired) electrons. The lowest BCUT2D eigenvalue weighted by atomic mass is 10.1. The number of fused-ring (bicyclic) bond motifs is 4. The maximum Gasteiger partial charge on any atom is 0.472 e. The van der Waals surface area contributed by atoms with Crippen LogP contribution in [-0.2, 0) is 163 Å². The molecule has 784 valence electrons. The Labute approximate surface area is 826 Å². The summed E-state index contributed by atoms with van der Waals surface area (Å²) < 4.78 is 170. The Morgan fingerprint density at radius 1 is 0.420 bits per heavy atom. The molecule has 0 spiro atoms. The van der Waals surface area contributed by atoms with Crippen molar-refractivity contribution in [1.82, 2.24) is 97.2 Å². The monoisotopic (exact) mass is 2190 g/mol. The minimum atomic E-state index is -5.82.